The minimum Gasteiger partial charge on any atom is -0.341 e. The lowest BCUT2D eigenvalue weighted by atomic mass is 10.1. The van der Waals surface area contributed by atoms with Crippen LogP contribution < -0.4 is 0 Å². The number of carbonyl (C=O) groups excluding carboxylic acids is 1. The third-order valence-corrected chi connectivity index (χ3v) is 6.70. The van der Waals surface area contributed by atoms with E-state index < -0.39 is 0 Å². The lowest BCUT2D eigenvalue weighted by Crippen LogP contribution is -2.39. The number of carbonyl (C=O) groups is 1. The van der Waals surface area contributed by atoms with E-state index in [9.17, 15) is 4.79 Å². The van der Waals surface area contributed by atoms with Crippen LogP contribution in [0.3, 0.4) is 0 Å². The highest BCUT2D eigenvalue weighted by Gasteiger charge is 2.26. The van der Waals surface area contributed by atoms with Gasteiger partial charge in [-0.3, -0.25) is 14.4 Å². The summed E-state index contributed by atoms with van der Waals surface area (Å²) in [5.41, 5.74) is 3.48. The van der Waals surface area contributed by atoms with E-state index in [1.54, 1.807) is 0 Å². The fraction of sp³-hybridized carbons (Fsp3) is 0.778. The third kappa shape index (κ3) is 3.97. The van der Waals surface area contributed by atoms with E-state index in [1.807, 2.05) is 18.7 Å². The van der Waals surface area contributed by atoms with Gasteiger partial charge >= 0.3 is 0 Å². The van der Waals surface area contributed by atoms with Crippen LogP contribution in [0.25, 0.3) is 0 Å². The van der Waals surface area contributed by atoms with Crippen LogP contribution in [-0.4, -0.2) is 69.2 Å². The summed E-state index contributed by atoms with van der Waals surface area (Å²) in [6.07, 6.45) is 3.84. The highest BCUT2D eigenvalue weighted by atomic mass is 32.2. The quantitative estimate of drug-likeness (QED) is 0.833. The second-order valence-corrected chi connectivity index (χ2v) is 8.21. The number of hydrogen-bond donors (Lipinski definition) is 0. The molecule has 2 saturated heterocycles. The van der Waals surface area contributed by atoms with Crippen molar-refractivity contribution in [2.24, 2.45) is 7.05 Å². The first-order valence-electron chi connectivity index (χ1n) is 9.15. The first kappa shape index (κ1) is 17.8. The Balaban J connectivity index is 1.51. The van der Waals surface area contributed by atoms with Gasteiger partial charge < -0.3 is 4.90 Å². The number of nitrogens with zero attached hydrogens (tertiary/aromatic N) is 4. The maximum Gasteiger partial charge on any atom is 0.222 e. The first-order valence-corrected chi connectivity index (χ1v) is 10.3. The molecule has 0 N–H and O–H groups in total. The monoisotopic (exact) mass is 350 g/mol. The van der Waals surface area contributed by atoms with Gasteiger partial charge in [0.15, 0.2) is 0 Å². The Morgan fingerprint density at radius 3 is 2.75 bits per heavy atom. The van der Waals surface area contributed by atoms with Crippen LogP contribution in [0.2, 0.25) is 0 Å². The molecule has 0 saturated carbocycles. The Kier molecular flexibility index (Phi) is 5.87. The van der Waals surface area contributed by atoms with Crippen molar-refractivity contribution in [3.05, 3.63) is 17.0 Å². The van der Waals surface area contributed by atoms with E-state index in [0.29, 0.717) is 12.3 Å². The van der Waals surface area contributed by atoms with Crippen LogP contribution in [0.5, 0.6) is 0 Å². The van der Waals surface area contributed by atoms with Gasteiger partial charge in [-0.25, -0.2) is 0 Å². The van der Waals surface area contributed by atoms with Crippen molar-refractivity contribution in [2.75, 3.05) is 37.7 Å². The summed E-state index contributed by atoms with van der Waals surface area (Å²) < 4.78 is 1.92. The predicted molar refractivity (Wildman–Crippen MR) is 99.5 cm³/mol. The molecule has 1 atom stereocenters. The topological polar surface area (TPSA) is 41.4 Å². The highest BCUT2D eigenvalue weighted by Crippen LogP contribution is 2.23. The molecule has 0 aliphatic carbocycles. The molecular weight excluding hydrogens is 320 g/mol. The molecule has 2 aliphatic heterocycles. The summed E-state index contributed by atoms with van der Waals surface area (Å²) in [5, 5.41) is 4.45. The molecule has 2 fully saturated rings. The smallest absolute Gasteiger partial charge is 0.222 e. The SMILES string of the molecule is Cc1nn(C)c(C)c1CCC(=O)N1CCCN(C2CCSC2)CC1. The van der Waals surface area contributed by atoms with Gasteiger partial charge in [-0.1, -0.05) is 0 Å². The molecular formula is C18H30N4OS. The van der Waals surface area contributed by atoms with Crippen LogP contribution in [0.4, 0.5) is 0 Å². The molecule has 0 radical (unpaired) electrons. The molecule has 5 nitrogen and oxygen atoms in total. The Labute approximate surface area is 149 Å². The molecule has 134 valence electrons. The maximum absolute atomic E-state index is 12.7. The summed E-state index contributed by atoms with van der Waals surface area (Å²) in [4.78, 5) is 17.4. The minimum atomic E-state index is 0.306. The number of thioether (sulfide) groups is 1. The number of rotatable bonds is 4. The summed E-state index contributed by atoms with van der Waals surface area (Å²) in [6.45, 7) is 8.13. The summed E-state index contributed by atoms with van der Waals surface area (Å²) >= 11 is 2.07. The van der Waals surface area contributed by atoms with Crippen LogP contribution in [0, 0.1) is 13.8 Å². The summed E-state index contributed by atoms with van der Waals surface area (Å²) in [6, 6.07) is 0.741. The van der Waals surface area contributed by atoms with E-state index in [1.165, 1.54) is 29.2 Å². The van der Waals surface area contributed by atoms with Crippen LogP contribution in [-0.2, 0) is 18.3 Å². The molecule has 1 aromatic rings. The molecule has 3 heterocycles. The van der Waals surface area contributed by atoms with E-state index in [0.717, 1.165) is 50.8 Å². The second-order valence-electron chi connectivity index (χ2n) is 7.06. The first-order chi connectivity index (χ1) is 11.6. The van der Waals surface area contributed by atoms with E-state index in [-0.39, 0.29) is 0 Å². The van der Waals surface area contributed by atoms with Crippen molar-refractivity contribution in [1.29, 1.82) is 0 Å². The number of hydrogen-bond acceptors (Lipinski definition) is 4. The van der Waals surface area contributed by atoms with Crippen LogP contribution in [0.1, 0.15) is 36.2 Å². The zero-order valence-corrected chi connectivity index (χ0v) is 16.1. The number of aryl methyl sites for hydroxylation is 2. The second kappa shape index (κ2) is 7.91. The van der Waals surface area contributed by atoms with Crippen molar-refractivity contribution in [3.63, 3.8) is 0 Å². The number of aromatic nitrogens is 2. The van der Waals surface area contributed by atoms with Gasteiger partial charge in [-0.2, -0.15) is 16.9 Å². The van der Waals surface area contributed by atoms with Gasteiger partial charge in [-0.15, -0.1) is 0 Å². The van der Waals surface area contributed by atoms with Gasteiger partial charge in [0.2, 0.25) is 5.91 Å². The van der Waals surface area contributed by atoms with Crippen molar-refractivity contribution >= 4 is 17.7 Å². The predicted octanol–water partition coefficient (Wildman–Crippen LogP) is 2.01. The van der Waals surface area contributed by atoms with Gasteiger partial charge in [0.25, 0.3) is 0 Å². The minimum absolute atomic E-state index is 0.306. The normalized spacial score (nSPS) is 22.8. The Morgan fingerprint density at radius 2 is 2.08 bits per heavy atom. The van der Waals surface area contributed by atoms with E-state index in [4.69, 9.17) is 0 Å². The average Bonchev–Trinajstić information content (AvgIpc) is 3.08. The van der Waals surface area contributed by atoms with Crippen molar-refractivity contribution in [2.45, 2.75) is 45.6 Å². The van der Waals surface area contributed by atoms with E-state index >= 15 is 0 Å². The largest absolute Gasteiger partial charge is 0.341 e. The lowest BCUT2D eigenvalue weighted by Gasteiger charge is -2.26. The summed E-state index contributed by atoms with van der Waals surface area (Å²) in [7, 11) is 1.97. The maximum atomic E-state index is 12.7. The molecule has 1 amide bonds. The lowest BCUT2D eigenvalue weighted by molar-refractivity contribution is -0.131. The molecule has 3 rings (SSSR count). The summed E-state index contributed by atoms with van der Waals surface area (Å²) in [5.74, 6) is 2.88. The van der Waals surface area contributed by atoms with Crippen molar-refractivity contribution < 1.29 is 4.79 Å². The fourth-order valence-corrected chi connectivity index (χ4v) is 5.19. The van der Waals surface area contributed by atoms with Crippen LogP contribution in [0.15, 0.2) is 0 Å². The Morgan fingerprint density at radius 1 is 1.25 bits per heavy atom. The molecule has 1 aromatic heterocycles. The van der Waals surface area contributed by atoms with Crippen LogP contribution >= 0.6 is 11.8 Å². The average molecular weight is 351 g/mol. The zero-order chi connectivity index (χ0) is 17.1. The Bertz CT molecular complexity index is 580. The standard InChI is InChI=1S/C18H30N4OS/c1-14-17(15(2)20(3)19-14)5-6-18(23)22-9-4-8-21(10-11-22)16-7-12-24-13-16/h16H,4-13H2,1-3H3. The zero-order valence-electron chi connectivity index (χ0n) is 15.3. The number of amides is 1. The molecule has 6 heteroatoms. The molecule has 0 spiro atoms. The molecule has 2 aliphatic rings. The molecule has 0 bridgehead atoms. The van der Waals surface area contributed by atoms with Gasteiger partial charge in [0.1, 0.15) is 0 Å². The van der Waals surface area contributed by atoms with E-state index in [2.05, 4.69) is 33.6 Å². The third-order valence-electron chi connectivity index (χ3n) is 5.55. The van der Waals surface area contributed by atoms with Crippen molar-refractivity contribution in [1.82, 2.24) is 19.6 Å². The Hall–Kier alpha value is -1.01. The highest BCUT2D eigenvalue weighted by molar-refractivity contribution is 7.99. The van der Waals surface area contributed by atoms with Crippen molar-refractivity contribution in [3.8, 4) is 0 Å². The fourth-order valence-electron chi connectivity index (χ4n) is 3.93. The molecule has 24 heavy (non-hydrogen) atoms. The van der Waals surface area contributed by atoms with Gasteiger partial charge in [0.05, 0.1) is 5.69 Å². The van der Waals surface area contributed by atoms with Gasteiger partial charge in [-0.05, 0) is 44.4 Å². The molecule has 0 aromatic carbocycles. The molecule has 1 unspecified atom stereocenters. The van der Waals surface area contributed by atoms with Gasteiger partial charge in [0, 0.05) is 57.1 Å².